The maximum absolute atomic E-state index is 11.9. The normalized spacial score (nSPS) is 38.0. The highest BCUT2D eigenvalue weighted by atomic mass is 16.6. The minimum Gasteiger partial charge on any atom is -0.459 e. The van der Waals surface area contributed by atoms with E-state index in [1.165, 1.54) is 6.08 Å². The van der Waals surface area contributed by atoms with Crippen molar-refractivity contribution in [1.29, 1.82) is 0 Å². The Morgan fingerprint density at radius 3 is 2.36 bits per heavy atom. The van der Waals surface area contributed by atoms with Gasteiger partial charge in [0, 0.05) is 17.4 Å². The summed E-state index contributed by atoms with van der Waals surface area (Å²) in [6, 6.07) is 0. The fourth-order valence-electron chi connectivity index (χ4n) is 4.95. The van der Waals surface area contributed by atoms with Crippen molar-refractivity contribution in [3.05, 3.63) is 23.1 Å². The van der Waals surface area contributed by atoms with Crippen molar-refractivity contribution in [2.24, 2.45) is 17.0 Å². The molecule has 0 amide bonds. The summed E-state index contributed by atoms with van der Waals surface area (Å²) in [7, 11) is 0. The van der Waals surface area contributed by atoms with Crippen molar-refractivity contribution in [1.82, 2.24) is 0 Å². The molecule has 0 N–H and O–H groups in total. The smallest absolute Gasteiger partial charge is 0.330 e. The van der Waals surface area contributed by atoms with Gasteiger partial charge in [0.05, 0.1) is 0 Å². The van der Waals surface area contributed by atoms with E-state index in [4.69, 9.17) is 15.0 Å². The Bertz CT molecular complexity index is 553. The maximum atomic E-state index is 11.9. The van der Waals surface area contributed by atoms with Crippen LogP contribution in [0.5, 0.6) is 0 Å². The van der Waals surface area contributed by atoms with Gasteiger partial charge >= 0.3 is 11.9 Å². The first kappa shape index (κ1) is 14.9. The van der Waals surface area contributed by atoms with Gasteiger partial charge in [-0.25, -0.2) is 4.79 Å². The van der Waals surface area contributed by atoms with Crippen molar-refractivity contribution in [3.8, 4) is 0 Å². The molecule has 4 aliphatic rings. The van der Waals surface area contributed by atoms with E-state index < -0.39 is 23.1 Å². The summed E-state index contributed by atoms with van der Waals surface area (Å²) in [4.78, 5) is 26.1. The first-order chi connectivity index (χ1) is 10.5. The minimum absolute atomic E-state index is 0.299. The average molecular weight is 305 g/mol. The van der Waals surface area contributed by atoms with Crippen LogP contribution in [0.2, 0.25) is 0 Å². The first-order valence-electron chi connectivity index (χ1n) is 7.56. The Morgan fingerprint density at radius 1 is 1.23 bits per heavy atom. The Morgan fingerprint density at radius 2 is 1.82 bits per heavy atom. The quantitative estimate of drug-likeness (QED) is 0.256. The van der Waals surface area contributed by atoms with Crippen molar-refractivity contribution in [3.63, 3.8) is 0 Å². The van der Waals surface area contributed by atoms with Crippen molar-refractivity contribution < 1.29 is 19.1 Å². The summed E-state index contributed by atoms with van der Waals surface area (Å²) in [6.07, 6.45) is 6.09. The molecule has 4 bridgehead atoms. The largest absolute Gasteiger partial charge is 0.459 e. The van der Waals surface area contributed by atoms with E-state index in [9.17, 15) is 9.59 Å². The molecule has 0 aliphatic heterocycles. The van der Waals surface area contributed by atoms with Crippen molar-refractivity contribution in [2.75, 3.05) is 6.54 Å². The Balaban J connectivity index is 1.78. The number of carbonyl (C=O) groups is 2. The topological polar surface area (TPSA) is 101 Å². The second-order valence-corrected chi connectivity index (χ2v) is 6.82. The molecule has 22 heavy (non-hydrogen) atoms. The number of nitrogens with zero attached hydrogens (tertiary/aromatic N) is 3. The first-order valence-corrected chi connectivity index (χ1v) is 7.56. The van der Waals surface area contributed by atoms with Crippen LogP contribution in [0, 0.1) is 11.8 Å². The van der Waals surface area contributed by atoms with Gasteiger partial charge < -0.3 is 9.47 Å². The molecule has 4 rings (SSSR count). The zero-order chi connectivity index (χ0) is 15.8. The third-order valence-electron chi connectivity index (χ3n) is 5.03. The Kier molecular flexibility index (Phi) is 3.60. The molecule has 4 fully saturated rings. The summed E-state index contributed by atoms with van der Waals surface area (Å²) >= 11 is 0. The fourth-order valence-corrected chi connectivity index (χ4v) is 4.95. The summed E-state index contributed by atoms with van der Waals surface area (Å²) < 4.78 is 11.3. The van der Waals surface area contributed by atoms with Gasteiger partial charge in [-0.15, -0.1) is 0 Å². The summed E-state index contributed by atoms with van der Waals surface area (Å²) in [6.45, 7) is 3.15. The number of esters is 2. The second kappa shape index (κ2) is 5.32. The van der Waals surface area contributed by atoms with Gasteiger partial charge in [-0.2, -0.15) is 0 Å². The molecule has 0 aromatic carbocycles. The molecule has 0 aromatic heterocycles. The lowest BCUT2D eigenvalue weighted by Crippen LogP contribution is -2.61. The lowest BCUT2D eigenvalue weighted by Gasteiger charge is -2.60. The van der Waals surface area contributed by atoms with E-state index in [2.05, 4.69) is 16.6 Å². The number of hydrogen-bond donors (Lipinski definition) is 0. The second-order valence-electron chi connectivity index (χ2n) is 6.82. The lowest BCUT2D eigenvalue weighted by atomic mass is 9.52. The summed E-state index contributed by atoms with van der Waals surface area (Å²) in [5, 5.41) is 3.26. The van der Waals surface area contributed by atoms with Gasteiger partial charge in [0.1, 0.15) is 17.7 Å². The molecule has 2 unspecified atom stereocenters. The Hall–Kier alpha value is -2.01. The third-order valence-corrected chi connectivity index (χ3v) is 5.03. The molecule has 7 nitrogen and oxygen atoms in total. The van der Waals surface area contributed by atoms with Gasteiger partial charge in [0.2, 0.25) is 0 Å². The fraction of sp³-hybridized carbons (Fsp3) is 0.733. The predicted molar refractivity (Wildman–Crippen MR) is 76.5 cm³/mol. The van der Waals surface area contributed by atoms with E-state index >= 15 is 0 Å². The highest BCUT2D eigenvalue weighted by Gasteiger charge is 2.61. The van der Waals surface area contributed by atoms with Crippen LogP contribution in [0.3, 0.4) is 0 Å². The van der Waals surface area contributed by atoms with Gasteiger partial charge in [-0.05, 0) is 49.5 Å². The zero-order valence-electron chi connectivity index (χ0n) is 12.4. The molecular formula is C15H19N3O4. The number of hydrogen-bond acceptors (Lipinski definition) is 5. The van der Waals surface area contributed by atoms with Crippen LogP contribution in [0.25, 0.3) is 10.4 Å². The molecule has 0 radical (unpaired) electrons. The highest BCUT2D eigenvalue weighted by molar-refractivity contribution is 5.81. The SMILES string of the molecule is C=CC(=O)OC12CC3CC(C1)CC(OC(=O)CN=[N+]=[N-])(C3)C2. The molecule has 7 heteroatoms. The van der Waals surface area contributed by atoms with Crippen LogP contribution in [0.4, 0.5) is 0 Å². The van der Waals surface area contributed by atoms with E-state index in [0.717, 1.165) is 32.1 Å². The van der Waals surface area contributed by atoms with Gasteiger partial charge in [0.25, 0.3) is 0 Å². The maximum Gasteiger partial charge on any atom is 0.330 e. The zero-order valence-corrected chi connectivity index (χ0v) is 12.4. The molecule has 4 aliphatic carbocycles. The molecule has 0 aromatic rings. The van der Waals surface area contributed by atoms with Crippen molar-refractivity contribution in [2.45, 2.75) is 49.7 Å². The average Bonchev–Trinajstić information content (AvgIpc) is 2.42. The number of azide groups is 1. The summed E-state index contributed by atoms with van der Waals surface area (Å²) in [5.74, 6) is -0.111. The van der Waals surface area contributed by atoms with Gasteiger partial charge in [0.15, 0.2) is 0 Å². The van der Waals surface area contributed by atoms with Crippen LogP contribution >= 0.6 is 0 Å². The van der Waals surface area contributed by atoms with Crippen molar-refractivity contribution >= 4 is 11.9 Å². The van der Waals surface area contributed by atoms with E-state index in [-0.39, 0.29) is 6.54 Å². The molecule has 0 heterocycles. The number of carbonyl (C=O) groups excluding carboxylic acids is 2. The van der Waals surface area contributed by atoms with Gasteiger partial charge in [-0.3, -0.25) is 4.79 Å². The van der Waals surface area contributed by atoms with Crippen LogP contribution in [-0.2, 0) is 19.1 Å². The molecule has 0 saturated heterocycles. The van der Waals surface area contributed by atoms with Crippen LogP contribution in [0.15, 0.2) is 17.8 Å². The summed E-state index contributed by atoms with van der Waals surface area (Å²) in [5.41, 5.74) is 7.19. The molecule has 0 spiro atoms. The third kappa shape index (κ3) is 2.68. The van der Waals surface area contributed by atoms with E-state index in [0.29, 0.717) is 18.3 Å². The molecule has 2 atom stereocenters. The number of ether oxygens (including phenoxy) is 2. The van der Waals surface area contributed by atoms with Crippen LogP contribution < -0.4 is 0 Å². The molecular weight excluding hydrogens is 286 g/mol. The standard InChI is InChI=1S/C15H19N3O4/c1-2-12(19)21-14-4-10-3-11(5-14)7-15(6-10,9-14)22-13(20)8-17-18-16/h2,10-11H,1,3-9H2. The molecule has 118 valence electrons. The highest BCUT2D eigenvalue weighted by Crippen LogP contribution is 2.60. The Labute approximate surface area is 128 Å². The van der Waals surface area contributed by atoms with Gasteiger partial charge in [-0.1, -0.05) is 11.7 Å². The molecule has 4 saturated carbocycles. The number of rotatable bonds is 5. The van der Waals surface area contributed by atoms with Crippen LogP contribution in [-0.4, -0.2) is 29.7 Å². The monoisotopic (exact) mass is 305 g/mol. The van der Waals surface area contributed by atoms with E-state index in [1.54, 1.807) is 0 Å². The lowest BCUT2D eigenvalue weighted by molar-refractivity contribution is -0.228. The predicted octanol–water partition coefficient (Wildman–Crippen LogP) is 2.66. The van der Waals surface area contributed by atoms with E-state index in [1.807, 2.05) is 0 Å². The van der Waals surface area contributed by atoms with Crippen LogP contribution in [0.1, 0.15) is 38.5 Å². The minimum atomic E-state index is -0.576.